The maximum Gasteiger partial charge on any atom is 0.130 e. The number of benzene rings is 1. The first-order chi connectivity index (χ1) is 9.26. The van der Waals surface area contributed by atoms with Crippen molar-refractivity contribution in [1.29, 1.82) is 5.26 Å². The van der Waals surface area contributed by atoms with E-state index in [4.69, 9.17) is 11.0 Å². The van der Waals surface area contributed by atoms with Gasteiger partial charge >= 0.3 is 0 Å². The number of nitrogens with one attached hydrogen (secondary N) is 1. The van der Waals surface area contributed by atoms with Gasteiger partial charge in [0.1, 0.15) is 5.82 Å². The quantitative estimate of drug-likeness (QED) is 0.877. The van der Waals surface area contributed by atoms with Gasteiger partial charge in [-0.2, -0.15) is 5.26 Å². The van der Waals surface area contributed by atoms with Crippen molar-refractivity contribution in [2.75, 3.05) is 5.32 Å². The maximum atomic E-state index is 8.74. The second kappa shape index (κ2) is 4.71. The Kier molecular flexibility index (Phi) is 2.90. The smallest absolute Gasteiger partial charge is 0.130 e. The van der Waals surface area contributed by atoms with Crippen LogP contribution in [0, 0.1) is 11.3 Å². The number of aromatic nitrogens is 1. The summed E-state index contributed by atoms with van der Waals surface area (Å²) < 4.78 is 0. The van der Waals surface area contributed by atoms with E-state index in [9.17, 15) is 0 Å². The fraction of sp³-hybridized carbons (Fsp3) is 0.200. The summed E-state index contributed by atoms with van der Waals surface area (Å²) in [6, 6.07) is 13.7. The zero-order valence-corrected chi connectivity index (χ0v) is 10.4. The monoisotopic (exact) mass is 250 g/mol. The van der Waals surface area contributed by atoms with E-state index in [1.165, 1.54) is 5.56 Å². The zero-order valence-electron chi connectivity index (χ0n) is 10.4. The van der Waals surface area contributed by atoms with Crippen LogP contribution in [0.5, 0.6) is 0 Å². The molecule has 1 heterocycles. The van der Waals surface area contributed by atoms with E-state index in [-0.39, 0.29) is 0 Å². The minimum atomic E-state index is 0.305. The van der Waals surface area contributed by atoms with Crippen LogP contribution in [0.15, 0.2) is 42.6 Å². The Bertz CT molecular complexity index is 610. The van der Waals surface area contributed by atoms with Crippen LogP contribution in [0.1, 0.15) is 23.5 Å². The lowest BCUT2D eigenvalue weighted by Crippen LogP contribution is -2.01. The average Bonchev–Trinajstić information content (AvgIpc) is 3.18. The molecule has 1 aliphatic carbocycles. The lowest BCUT2D eigenvalue weighted by atomic mass is 10.2. The van der Waals surface area contributed by atoms with Crippen LogP contribution < -0.4 is 11.1 Å². The number of nitrogens with two attached hydrogens (primary N) is 1. The first-order valence-electron chi connectivity index (χ1n) is 6.25. The minimum Gasteiger partial charge on any atom is -0.340 e. The first-order valence-corrected chi connectivity index (χ1v) is 6.25. The lowest BCUT2D eigenvalue weighted by Gasteiger charge is -2.06. The predicted octanol–water partition coefficient (Wildman–Crippen LogP) is 2.51. The molecule has 0 amide bonds. The van der Waals surface area contributed by atoms with E-state index >= 15 is 0 Å². The van der Waals surface area contributed by atoms with Gasteiger partial charge in [0.15, 0.2) is 0 Å². The highest BCUT2D eigenvalue weighted by atomic mass is 15.0. The summed E-state index contributed by atoms with van der Waals surface area (Å²) in [6.07, 6.45) is 2.94. The van der Waals surface area contributed by atoms with Crippen molar-refractivity contribution in [3.05, 3.63) is 53.7 Å². The van der Waals surface area contributed by atoms with E-state index in [1.54, 1.807) is 12.1 Å². The van der Waals surface area contributed by atoms with Crippen LogP contribution in [-0.4, -0.2) is 11.0 Å². The first kappa shape index (κ1) is 11.7. The molecule has 94 valence electrons. The van der Waals surface area contributed by atoms with Crippen molar-refractivity contribution in [3.8, 4) is 6.07 Å². The fourth-order valence-electron chi connectivity index (χ4n) is 2.07. The summed E-state index contributed by atoms with van der Waals surface area (Å²) in [5.41, 5.74) is 8.59. The third-order valence-corrected chi connectivity index (χ3v) is 3.34. The maximum absolute atomic E-state index is 8.74. The van der Waals surface area contributed by atoms with Gasteiger partial charge in [-0.3, -0.25) is 0 Å². The molecule has 4 nitrogen and oxygen atoms in total. The van der Waals surface area contributed by atoms with Crippen LogP contribution >= 0.6 is 0 Å². The summed E-state index contributed by atoms with van der Waals surface area (Å²) >= 11 is 0. The third-order valence-electron chi connectivity index (χ3n) is 3.34. The molecule has 3 N–H and O–H groups in total. The molecule has 0 saturated heterocycles. The topological polar surface area (TPSA) is 74.7 Å². The van der Waals surface area contributed by atoms with Crippen LogP contribution in [0.3, 0.4) is 0 Å². The number of pyridine rings is 1. The molecule has 0 radical (unpaired) electrons. The molecule has 0 spiro atoms. The van der Waals surface area contributed by atoms with Crippen molar-refractivity contribution in [2.24, 2.45) is 5.73 Å². The number of hydrogen-bond acceptors (Lipinski definition) is 4. The van der Waals surface area contributed by atoms with E-state index in [1.807, 2.05) is 24.4 Å². The van der Waals surface area contributed by atoms with E-state index in [0.717, 1.165) is 17.9 Å². The SMILES string of the molecule is N#Cc1ccc(Nc2ccc(C3CC3N)cn2)cc1. The van der Waals surface area contributed by atoms with Crippen LogP contribution in [0.25, 0.3) is 0 Å². The van der Waals surface area contributed by atoms with Gasteiger partial charge in [-0.15, -0.1) is 0 Å². The molecule has 3 rings (SSSR count). The summed E-state index contributed by atoms with van der Waals surface area (Å²) in [5.74, 6) is 1.28. The number of nitriles is 1. The average molecular weight is 250 g/mol. The number of hydrogen-bond donors (Lipinski definition) is 2. The van der Waals surface area contributed by atoms with Gasteiger partial charge in [0.05, 0.1) is 11.6 Å². The van der Waals surface area contributed by atoms with Crippen molar-refractivity contribution >= 4 is 11.5 Å². The highest BCUT2D eigenvalue weighted by molar-refractivity contribution is 5.57. The van der Waals surface area contributed by atoms with Crippen molar-refractivity contribution < 1.29 is 0 Å². The predicted molar refractivity (Wildman–Crippen MR) is 74.0 cm³/mol. The van der Waals surface area contributed by atoms with Crippen molar-refractivity contribution in [1.82, 2.24) is 4.98 Å². The standard InChI is InChI=1S/C15H14N4/c16-8-10-1-4-12(5-2-10)19-15-6-3-11(9-18-15)13-7-14(13)17/h1-6,9,13-14H,7,17H2,(H,18,19). The van der Waals surface area contributed by atoms with Gasteiger partial charge < -0.3 is 11.1 Å². The number of nitrogens with zero attached hydrogens (tertiary/aromatic N) is 2. The van der Waals surface area contributed by atoms with Crippen LogP contribution in [-0.2, 0) is 0 Å². The van der Waals surface area contributed by atoms with E-state index in [2.05, 4.69) is 22.4 Å². The molecular formula is C15H14N4. The summed E-state index contributed by atoms with van der Waals surface area (Å²) in [4.78, 5) is 4.38. The Labute approximate surface area is 111 Å². The van der Waals surface area contributed by atoms with Gasteiger partial charge in [0, 0.05) is 23.8 Å². The summed E-state index contributed by atoms with van der Waals surface area (Å²) in [5, 5.41) is 11.9. The second-order valence-corrected chi connectivity index (χ2v) is 4.80. The molecule has 0 aliphatic heterocycles. The van der Waals surface area contributed by atoms with Gasteiger partial charge in [0.2, 0.25) is 0 Å². The van der Waals surface area contributed by atoms with Gasteiger partial charge in [-0.25, -0.2) is 4.98 Å². The highest BCUT2D eigenvalue weighted by Crippen LogP contribution is 2.38. The molecule has 2 unspecified atom stereocenters. The van der Waals surface area contributed by atoms with Gasteiger partial charge in [0.25, 0.3) is 0 Å². The molecule has 19 heavy (non-hydrogen) atoms. The molecule has 2 atom stereocenters. The Hall–Kier alpha value is -2.38. The Morgan fingerprint density at radius 1 is 1.21 bits per heavy atom. The molecule has 2 aromatic rings. The van der Waals surface area contributed by atoms with E-state index in [0.29, 0.717) is 17.5 Å². The minimum absolute atomic E-state index is 0.305. The van der Waals surface area contributed by atoms with E-state index < -0.39 is 0 Å². The molecular weight excluding hydrogens is 236 g/mol. The van der Waals surface area contributed by atoms with Crippen LogP contribution in [0.4, 0.5) is 11.5 Å². The Morgan fingerprint density at radius 3 is 2.47 bits per heavy atom. The normalized spacial score (nSPS) is 20.6. The molecule has 1 fully saturated rings. The molecule has 1 saturated carbocycles. The van der Waals surface area contributed by atoms with Gasteiger partial charge in [-0.05, 0) is 42.3 Å². The zero-order chi connectivity index (χ0) is 13.2. The fourth-order valence-corrected chi connectivity index (χ4v) is 2.07. The molecule has 1 aromatic carbocycles. The molecule has 0 bridgehead atoms. The molecule has 1 aromatic heterocycles. The van der Waals surface area contributed by atoms with Crippen LogP contribution in [0.2, 0.25) is 0 Å². The largest absolute Gasteiger partial charge is 0.340 e. The summed E-state index contributed by atoms with van der Waals surface area (Å²) in [6.45, 7) is 0. The third kappa shape index (κ3) is 2.56. The molecule has 4 heteroatoms. The number of anilines is 2. The summed E-state index contributed by atoms with van der Waals surface area (Å²) in [7, 11) is 0. The molecule has 1 aliphatic rings. The number of rotatable bonds is 3. The second-order valence-electron chi connectivity index (χ2n) is 4.80. The Morgan fingerprint density at radius 2 is 1.95 bits per heavy atom. The highest BCUT2D eigenvalue weighted by Gasteiger charge is 2.34. The van der Waals surface area contributed by atoms with Gasteiger partial charge in [-0.1, -0.05) is 6.07 Å². The van der Waals surface area contributed by atoms with Crippen molar-refractivity contribution in [2.45, 2.75) is 18.4 Å². The lowest BCUT2D eigenvalue weighted by molar-refractivity contribution is 0.981. The van der Waals surface area contributed by atoms with Crippen molar-refractivity contribution in [3.63, 3.8) is 0 Å². The Balaban J connectivity index is 1.70.